The Kier molecular flexibility index (Phi) is 12.5. The van der Waals surface area contributed by atoms with Gasteiger partial charge in [-0.3, -0.25) is 14.2 Å². The summed E-state index contributed by atoms with van der Waals surface area (Å²) in [5, 5.41) is 10.3. The molecule has 0 saturated heterocycles. The SMILES string of the molecule is CCOC(=O)c1sc2c(c1C)c(=O)n(C(C)(C)C(=O)O[Si](c1ccccc1)(c1ccccc1)C(C)(C)C)c(=O)n2C[C@H](OCCC#N)c1cc(F)ccc1OC. The van der Waals surface area contributed by atoms with E-state index < -0.39 is 54.0 Å². The number of methoxy groups -OCH3 is 1. The molecule has 0 spiro atoms. The van der Waals surface area contributed by atoms with Crippen molar-refractivity contribution >= 4 is 52.2 Å². The topological polar surface area (TPSA) is 139 Å². The molecule has 5 rings (SSSR count). The molecule has 0 aliphatic rings. The second-order valence-electron chi connectivity index (χ2n) is 14.8. The van der Waals surface area contributed by atoms with Gasteiger partial charge in [0, 0.05) is 5.56 Å². The lowest BCUT2D eigenvalue weighted by Gasteiger charge is -2.43. The fraction of sp³-hybridized carbons (Fsp3) is 0.357. The molecule has 0 saturated carbocycles. The van der Waals surface area contributed by atoms with Crippen LogP contribution in [0.25, 0.3) is 10.2 Å². The van der Waals surface area contributed by atoms with Crippen LogP contribution in [0.3, 0.4) is 0 Å². The van der Waals surface area contributed by atoms with E-state index >= 15 is 0 Å². The summed E-state index contributed by atoms with van der Waals surface area (Å²) in [6, 6.07) is 24.8. The van der Waals surface area contributed by atoms with Gasteiger partial charge in [0.2, 0.25) is 0 Å². The Hall–Kier alpha value is -5.36. The highest BCUT2D eigenvalue weighted by atomic mass is 32.1. The smallest absolute Gasteiger partial charge is 0.348 e. The number of ether oxygens (including phenoxy) is 3. The summed E-state index contributed by atoms with van der Waals surface area (Å²) in [6.45, 7) is 11.8. The monoisotopic (exact) mass is 799 g/mol. The third-order valence-corrected chi connectivity index (χ3v) is 16.0. The van der Waals surface area contributed by atoms with Crippen molar-refractivity contribution in [3.63, 3.8) is 0 Å². The summed E-state index contributed by atoms with van der Waals surface area (Å²) in [7, 11) is -2.12. The Morgan fingerprint density at radius 1 is 0.964 bits per heavy atom. The number of esters is 1. The first-order valence-corrected chi connectivity index (χ1v) is 20.9. The fourth-order valence-electron chi connectivity index (χ4n) is 7.01. The molecule has 11 nitrogen and oxygen atoms in total. The predicted molar refractivity (Wildman–Crippen MR) is 216 cm³/mol. The lowest BCUT2D eigenvalue weighted by Crippen LogP contribution is -2.69. The molecule has 294 valence electrons. The number of carbonyl (C=O) groups excluding carboxylic acids is 2. The van der Waals surface area contributed by atoms with Crippen molar-refractivity contribution < 1.29 is 32.6 Å². The molecule has 56 heavy (non-hydrogen) atoms. The molecular weight excluding hydrogens is 754 g/mol. The highest BCUT2D eigenvalue weighted by Gasteiger charge is 2.55. The van der Waals surface area contributed by atoms with Gasteiger partial charge in [0.05, 0.1) is 44.7 Å². The van der Waals surface area contributed by atoms with Gasteiger partial charge in [0.25, 0.3) is 5.56 Å². The van der Waals surface area contributed by atoms with E-state index in [0.29, 0.717) is 0 Å². The van der Waals surface area contributed by atoms with Gasteiger partial charge in [-0.1, -0.05) is 81.4 Å². The Labute approximate surface area is 330 Å². The van der Waals surface area contributed by atoms with Crippen molar-refractivity contribution in [1.82, 2.24) is 9.13 Å². The molecule has 0 aliphatic carbocycles. The number of thiophene rings is 1. The lowest BCUT2D eigenvalue weighted by atomic mass is 10.0. The van der Waals surface area contributed by atoms with Gasteiger partial charge in [-0.25, -0.2) is 18.5 Å². The number of nitriles is 1. The summed E-state index contributed by atoms with van der Waals surface area (Å²) in [5.74, 6) is -1.84. The number of aryl methyl sites for hydroxylation is 1. The molecule has 14 heteroatoms. The molecule has 0 aliphatic heterocycles. The molecule has 1 atom stereocenters. The highest BCUT2D eigenvalue weighted by Crippen LogP contribution is 2.39. The van der Waals surface area contributed by atoms with Gasteiger partial charge < -0.3 is 18.6 Å². The number of rotatable bonds is 14. The maximum Gasteiger partial charge on any atom is 0.348 e. The van der Waals surface area contributed by atoms with E-state index in [4.69, 9.17) is 18.6 Å². The minimum absolute atomic E-state index is 0.00975. The summed E-state index contributed by atoms with van der Waals surface area (Å²) in [4.78, 5) is 58.1. The first-order chi connectivity index (χ1) is 26.5. The van der Waals surface area contributed by atoms with E-state index in [1.807, 2.05) is 87.5 Å². The molecule has 2 aromatic heterocycles. The van der Waals surface area contributed by atoms with E-state index in [0.717, 1.165) is 26.3 Å². The van der Waals surface area contributed by atoms with Crippen LogP contribution in [0.15, 0.2) is 88.5 Å². The molecule has 0 unspecified atom stereocenters. The van der Waals surface area contributed by atoms with Crippen molar-refractivity contribution in [1.29, 1.82) is 5.26 Å². The van der Waals surface area contributed by atoms with Gasteiger partial charge in [0.1, 0.15) is 32.9 Å². The van der Waals surface area contributed by atoms with Crippen LogP contribution < -0.4 is 26.4 Å². The number of aromatic nitrogens is 2. The second kappa shape index (κ2) is 16.8. The molecule has 5 aromatic rings. The van der Waals surface area contributed by atoms with Crippen LogP contribution in [0.4, 0.5) is 4.39 Å². The molecule has 0 radical (unpaired) electrons. The van der Waals surface area contributed by atoms with Crippen LogP contribution in [-0.4, -0.2) is 49.7 Å². The van der Waals surface area contributed by atoms with Crippen molar-refractivity contribution in [2.45, 2.75) is 78.1 Å². The number of nitrogens with zero attached hydrogens (tertiary/aromatic N) is 3. The predicted octanol–water partition coefficient (Wildman–Crippen LogP) is 6.37. The minimum Gasteiger partial charge on any atom is -0.508 e. The summed E-state index contributed by atoms with van der Waals surface area (Å²) in [5.41, 5.74) is -3.11. The van der Waals surface area contributed by atoms with Gasteiger partial charge in [-0.15, -0.1) is 11.3 Å². The van der Waals surface area contributed by atoms with E-state index in [-0.39, 0.29) is 58.1 Å². The number of hydrogen-bond donors (Lipinski definition) is 0. The van der Waals surface area contributed by atoms with Gasteiger partial charge in [-0.05, 0) is 66.9 Å². The number of fused-ring (bicyclic) bond motifs is 1. The molecule has 2 heterocycles. The van der Waals surface area contributed by atoms with Crippen molar-refractivity contribution in [2.24, 2.45) is 0 Å². The standard InChI is InChI=1S/C42H46FN3O8SSi/c1-9-52-38(48)35-27(2)34-36(47)46(40(50)45(37(34)55-35)26-33(53-24-16-23-44)31-25-28(43)21-22-32(31)51-8)42(6,7)39(49)54-56(41(3,4)5,29-17-12-10-13-18-29)30-19-14-11-15-20-30/h10-15,17-22,25,33H,9,16,24,26H2,1-8H3/t33-/m0/s1. The summed E-state index contributed by atoms with van der Waals surface area (Å²) in [6.07, 6.45) is -1.09. The number of halogens is 1. The zero-order chi connectivity index (χ0) is 41.0. The molecule has 0 bridgehead atoms. The minimum atomic E-state index is -3.52. The van der Waals surface area contributed by atoms with E-state index in [2.05, 4.69) is 0 Å². The van der Waals surface area contributed by atoms with Crippen molar-refractivity contribution in [3.8, 4) is 11.8 Å². The molecule has 0 amide bonds. The zero-order valence-electron chi connectivity index (χ0n) is 32.8. The lowest BCUT2D eigenvalue weighted by molar-refractivity contribution is -0.144. The van der Waals surface area contributed by atoms with Crippen LogP contribution in [0.1, 0.15) is 74.9 Å². The van der Waals surface area contributed by atoms with Crippen molar-refractivity contribution in [2.75, 3.05) is 20.3 Å². The average Bonchev–Trinajstić information content (AvgIpc) is 3.52. The van der Waals surface area contributed by atoms with Crippen LogP contribution in [0, 0.1) is 24.1 Å². The summed E-state index contributed by atoms with van der Waals surface area (Å²) >= 11 is 0.894. The average molecular weight is 800 g/mol. The van der Waals surface area contributed by atoms with Gasteiger partial charge >= 0.3 is 25.9 Å². The third kappa shape index (κ3) is 7.71. The van der Waals surface area contributed by atoms with Crippen LogP contribution in [0.2, 0.25) is 5.04 Å². The quantitative estimate of drug-likeness (QED) is 0.0713. The maximum absolute atomic E-state index is 15.0. The molecule has 0 fully saturated rings. The first kappa shape index (κ1) is 41.8. The Morgan fingerprint density at radius 2 is 1.57 bits per heavy atom. The zero-order valence-corrected chi connectivity index (χ0v) is 34.6. The Morgan fingerprint density at radius 3 is 2.11 bits per heavy atom. The molecule has 3 aromatic carbocycles. The maximum atomic E-state index is 15.0. The number of carbonyl (C=O) groups is 2. The molecular formula is C42H46FN3O8SSi. The third-order valence-electron chi connectivity index (χ3n) is 9.81. The normalized spacial score (nSPS) is 12.6. The number of benzene rings is 3. The van der Waals surface area contributed by atoms with Crippen LogP contribution >= 0.6 is 11.3 Å². The first-order valence-electron chi connectivity index (χ1n) is 18.2. The van der Waals surface area contributed by atoms with Gasteiger partial charge in [-0.2, -0.15) is 5.26 Å². The van der Waals surface area contributed by atoms with Crippen molar-refractivity contribution in [3.05, 3.63) is 122 Å². The Bertz CT molecular complexity index is 2360. The van der Waals surface area contributed by atoms with E-state index in [9.17, 15) is 28.8 Å². The fourth-order valence-corrected chi connectivity index (χ4v) is 12.7. The highest BCUT2D eigenvalue weighted by molar-refractivity contribution is 7.20. The largest absolute Gasteiger partial charge is 0.508 e. The number of hydrogen-bond acceptors (Lipinski definition) is 10. The summed E-state index contributed by atoms with van der Waals surface area (Å²) < 4.78 is 40.7. The Balaban J connectivity index is 1.79. The van der Waals surface area contributed by atoms with Gasteiger partial charge in [0.15, 0.2) is 0 Å². The van der Waals surface area contributed by atoms with Crippen LogP contribution in [0.5, 0.6) is 5.75 Å². The van der Waals surface area contributed by atoms with Crippen LogP contribution in [-0.2, 0) is 30.8 Å². The molecule has 0 N–H and O–H groups in total. The van der Waals surface area contributed by atoms with E-state index in [1.54, 1.807) is 13.8 Å². The second-order valence-corrected chi connectivity index (χ2v) is 20.0. The van der Waals surface area contributed by atoms with E-state index in [1.165, 1.54) is 43.7 Å².